The van der Waals surface area contributed by atoms with Crippen LogP contribution in [0.4, 0.5) is 5.69 Å². The molecule has 0 spiro atoms. The number of rotatable bonds is 2. The van der Waals surface area contributed by atoms with Crippen molar-refractivity contribution >= 4 is 23.5 Å². The molecule has 2 N–H and O–H groups in total. The molecular formula is C18H23N5O4. The van der Waals surface area contributed by atoms with Gasteiger partial charge in [-0.05, 0) is 19.2 Å². The first kappa shape index (κ1) is 17.6. The average Bonchev–Trinajstić information content (AvgIpc) is 2.68. The fourth-order valence-electron chi connectivity index (χ4n) is 3.25. The van der Waals surface area contributed by atoms with Crippen molar-refractivity contribution < 1.29 is 19.1 Å². The number of fused-ring (bicyclic) bond motifs is 1. The maximum absolute atomic E-state index is 12.7. The van der Waals surface area contributed by atoms with Gasteiger partial charge in [-0.15, -0.1) is 0 Å². The highest BCUT2D eigenvalue weighted by Gasteiger charge is 2.30. The molecule has 9 nitrogen and oxygen atoms in total. The van der Waals surface area contributed by atoms with Crippen LogP contribution in [0.3, 0.4) is 0 Å². The van der Waals surface area contributed by atoms with Crippen LogP contribution in [0.2, 0.25) is 0 Å². The Hall–Kier alpha value is -2.81. The van der Waals surface area contributed by atoms with Gasteiger partial charge in [0, 0.05) is 37.9 Å². The Kier molecular flexibility index (Phi) is 4.85. The van der Waals surface area contributed by atoms with Crippen molar-refractivity contribution in [2.75, 3.05) is 51.8 Å². The summed E-state index contributed by atoms with van der Waals surface area (Å²) in [5.41, 5.74) is 0.589. The minimum absolute atomic E-state index is 0.0353. The molecule has 144 valence electrons. The van der Waals surface area contributed by atoms with E-state index in [1.807, 2.05) is 4.90 Å². The van der Waals surface area contributed by atoms with E-state index >= 15 is 0 Å². The highest BCUT2D eigenvalue weighted by atomic mass is 16.6. The highest BCUT2D eigenvalue weighted by Crippen LogP contribution is 2.32. The third-order valence-corrected chi connectivity index (χ3v) is 4.82. The number of guanidine groups is 1. The van der Waals surface area contributed by atoms with Gasteiger partial charge in [-0.3, -0.25) is 14.9 Å². The summed E-state index contributed by atoms with van der Waals surface area (Å²) >= 11 is 0. The van der Waals surface area contributed by atoms with Crippen LogP contribution in [0.15, 0.2) is 23.2 Å². The maximum Gasteiger partial charge on any atom is 0.249 e. The van der Waals surface area contributed by atoms with Gasteiger partial charge in [0.25, 0.3) is 0 Å². The number of carbonyl (C=O) groups excluding carboxylic acids is 2. The minimum Gasteiger partial charge on any atom is -0.486 e. The van der Waals surface area contributed by atoms with Crippen molar-refractivity contribution in [1.29, 1.82) is 0 Å². The number of aliphatic imine (C=N–C) groups is 1. The normalized spacial score (nSPS) is 22.7. The van der Waals surface area contributed by atoms with E-state index in [1.165, 1.54) is 0 Å². The third-order valence-electron chi connectivity index (χ3n) is 4.82. The fourth-order valence-corrected chi connectivity index (χ4v) is 3.25. The topological polar surface area (TPSA) is 95.5 Å². The third kappa shape index (κ3) is 3.97. The summed E-state index contributed by atoms with van der Waals surface area (Å²) < 4.78 is 11.0. The Bertz CT molecular complexity index is 773. The molecule has 9 heteroatoms. The minimum atomic E-state index is -0.749. The van der Waals surface area contributed by atoms with Gasteiger partial charge in [0.2, 0.25) is 17.8 Å². The van der Waals surface area contributed by atoms with Crippen LogP contribution in [0.1, 0.15) is 6.42 Å². The molecule has 3 aliphatic heterocycles. The van der Waals surface area contributed by atoms with E-state index in [9.17, 15) is 9.59 Å². The molecule has 1 fully saturated rings. The molecule has 0 aromatic heterocycles. The highest BCUT2D eigenvalue weighted by molar-refractivity contribution is 6.06. The van der Waals surface area contributed by atoms with Gasteiger partial charge in [0.15, 0.2) is 11.5 Å². The van der Waals surface area contributed by atoms with Crippen molar-refractivity contribution in [1.82, 2.24) is 15.1 Å². The Balaban J connectivity index is 1.45. The first-order valence-corrected chi connectivity index (χ1v) is 9.10. The summed E-state index contributed by atoms with van der Waals surface area (Å²) in [6.07, 6.45) is 0.0353. The van der Waals surface area contributed by atoms with Crippen LogP contribution in [0.25, 0.3) is 0 Å². The van der Waals surface area contributed by atoms with Gasteiger partial charge in [-0.2, -0.15) is 0 Å². The van der Waals surface area contributed by atoms with Gasteiger partial charge in [-0.25, -0.2) is 4.99 Å². The second-order valence-electron chi connectivity index (χ2n) is 6.86. The number of nitrogens with one attached hydrogen (secondary N) is 2. The molecule has 1 aromatic carbocycles. The number of likely N-dealkylation sites (N-methyl/N-ethyl adjacent to an activating group) is 1. The first-order valence-electron chi connectivity index (χ1n) is 9.10. The van der Waals surface area contributed by atoms with E-state index in [2.05, 4.69) is 27.6 Å². The van der Waals surface area contributed by atoms with Gasteiger partial charge in [0.05, 0.1) is 6.42 Å². The predicted molar refractivity (Wildman–Crippen MR) is 99.1 cm³/mol. The molecule has 0 saturated carbocycles. The lowest BCUT2D eigenvalue weighted by Gasteiger charge is -2.36. The molecule has 0 bridgehead atoms. The molecule has 0 unspecified atom stereocenters. The first-order chi connectivity index (χ1) is 13.1. The molecule has 27 heavy (non-hydrogen) atoms. The van der Waals surface area contributed by atoms with Gasteiger partial charge in [-0.1, -0.05) is 0 Å². The number of anilines is 1. The average molecular weight is 373 g/mol. The second-order valence-corrected chi connectivity index (χ2v) is 6.86. The van der Waals surface area contributed by atoms with Crippen molar-refractivity contribution in [2.24, 2.45) is 4.99 Å². The summed E-state index contributed by atoms with van der Waals surface area (Å²) in [5.74, 6) is 1.24. The zero-order chi connectivity index (χ0) is 18.8. The Labute approximate surface area is 157 Å². The molecule has 0 radical (unpaired) electrons. The number of ether oxygens (including phenoxy) is 2. The molecule has 1 aromatic rings. The summed E-state index contributed by atoms with van der Waals surface area (Å²) in [5, 5.41) is 5.62. The lowest BCUT2D eigenvalue weighted by atomic mass is 10.1. The van der Waals surface area contributed by atoms with Crippen LogP contribution in [-0.2, 0) is 9.59 Å². The predicted octanol–water partition coefficient (Wildman–Crippen LogP) is -0.112. The van der Waals surface area contributed by atoms with E-state index in [1.54, 1.807) is 18.2 Å². The summed E-state index contributed by atoms with van der Waals surface area (Å²) in [6, 6.07) is 4.48. The quantitative estimate of drug-likeness (QED) is 0.751. The standard InChI is InChI=1S/C18H23N5O4/c1-22-4-6-23(7-5-22)18-20-13(11-16(24)21-18)17(25)19-12-2-3-14-15(10-12)27-9-8-26-14/h2-3,10,13H,4-9,11H2,1H3,(H,19,25)(H,20,21,24)/t13-/m0/s1. The van der Waals surface area contributed by atoms with E-state index < -0.39 is 6.04 Å². The smallest absolute Gasteiger partial charge is 0.249 e. The van der Waals surface area contributed by atoms with Crippen LogP contribution < -0.4 is 20.1 Å². The lowest BCUT2D eigenvalue weighted by Crippen LogP contribution is -2.55. The van der Waals surface area contributed by atoms with Crippen molar-refractivity contribution in [3.05, 3.63) is 18.2 Å². The van der Waals surface area contributed by atoms with E-state index in [-0.39, 0.29) is 18.2 Å². The van der Waals surface area contributed by atoms with Crippen LogP contribution in [0.5, 0.6) is 11.5 Å². The molecule has 2 amide bonds. The largest absolute Gasteiger partial charge is 0.486 e. The van der Waals surface area contributed by atoms with Crippen molar-refractivity contribution in [2.45, 2.75) is 12.5 Å². The molecule has 4 rings (SSSR count). The van der Waals surface area contributed by atoms with Gasteiger partial charge in [0.1, 0.15) is 19.3 Å². The zero-order valence-corrected chi connectivity index (χ0v) is 15.2. The van der Waals surface area contributed by atoms with E-state index in [0.717, 1.165) is 26.2 Å². The number of carbonyl (C=O) groups is 2. The van der Waals surface area contributed by atoms with Crippen molar-refractivity contribution in [3.8, 4) is 11.5 Å². The zero-order valence-electron chi connectivity index (χ0n) is 15.2. The number of benzene rings is 1. The van der Waals surface area contributed by atoms with Gasteiger partial charge >= 0.3 is 0 Å². The second kappa shape index (κ2) is 7.43. The van der Waals surface area contributed by atoms with E-state index in [0.29, 0.717) is 36.4 Å². The SMILES string of the molecule is CN1CCN(C2=N[C@H](C(=O)Nc3ccc4c(c3)OCCO4)CC(=O)N2)CC1. The van der Waals surface area contributed by atoms with Crippen LogP contribution >= 0.6 is 0 Å². The van der Waals surface area contributed by atoms with Gasteiger partial charge < -0.3 is 24.6 Å². The van der Waals surface area contributed by atoms with E-state index in [4.69, 9.17) is 9.47 Å². The molecule has 0 aliphatic carbocycles. The Morgan fingerprint density at radius 3 is 2.70 bits per heavy atom. The van der Waals surface area contributed by atoms with Crippen molar-refractivity contribution in [3.63, 3.8) is 0 Å². The van der Waals surface area contributed by atoms with Crippen LogP contribution in [-0.4, -0.2) is 80.1 Å². The molecule has 3 heterocycles. The summed E-state index contributed by atoms with van der Waals surface area (Å²) in [4.78, 5) is 33.5. The molecular weight excluding hydrogens is 350 g/mol. The maximum atomic E-state index is 12.7. The monoisotopic (exact) mass is 373 g/mol. The van der Waals surface area contributed by atoms with Crippen LogP contribution in [0, 0.1) is 0 Å². The lowest BCUT2D eigenvalue weighted by molar-refractivity contribution is -0.125. The molecule has 1 saturated heterocycles. The number of hydrogen-bond acceptors (Lipinski definition) is 7. The fraction of sp³-hybridized carbons (Fsp3) is 0.500. The summed E-state index contributed by atoms with van der Waals surface area (Å²) in [6.45, 7) is 4.32. The number of amides is 2. The summed E-state index contributed by atoms with van der Waals surface area (Å²) in [7, 11) is 2.06. The Morgan fingerprint density at radius 2 is 1.93 bits per heavy atom. The molecule has 3 aliphatic rings. The number of hydrogen-bond donors (Lipinski definition) is 2. The Morgan fingerprint density at radius 1 is 1.19 bits per heavy atom. The number of piperazine rings is 1. The molecule has 1 atom stereocenters. The number of nitrogens with zero attached hydrogens (tertiary/aromatic N) is 3.